The molecule has 23 heavy (non-hydrogen) atoms. The monoisotopic (exact) mass is 324 g/mol. The standard InChI is InChI=1S/C14H24N6O3/c1-18(2)6-5-7-19(3)11-9-13(23-4)10(17-14(15)16)8-12(11)20(21)22/h8-9H,5-7H2,1-4H3,(H4,15,16,17). The van der Waals surface area contributed by atoms with Crippen molar-refractivity contribution < 1.29 is 9.66 Å². The first-order valence-electron chi connectivity index (χ1n) is 7.08. The van der Waals surface area contributed by atoms with Gasteiger partial charge in [0.05, 0.1) is 12.0 Å². The number of guanidine groups is 1. The van der Waals surface area contributed by atoms with Crippen LogP contribution in [-0.4, -0.2) is 57.1 Å². The molecule has 1 aromatic carbocycles. The Labute approximate surface area is 135 Å². The number of hydrogen-bond donors (Lipinski definition) is 2. The summed E-state index contributed by atoms with van der Waals surface area (Å²) in [6.45, 7) is 1.56. The maximum absolute atomic E-state index is 11.4. The molecule has 0 fully saturated rings. The van der Waals surface area contributed by atoms with Crippen molar-refractivity contribution in [2.75, 3.05) is 46.2 Å². The Morgan fingerprint density at radius 2 is 1.96 bits per heavy atom. The van der Waals surface area contributed by atoms with E-state index in [2.05, 4.69) is 9.89 Å². The molecule has 0 spiro atoms. The Kier molecular flexibility index (Phi) is 6.58. The van der Waals surface area contributed by atoms with Crippen molar-refractivity contribution in [3.63, 3.8) is 0 Å². The van der Waals surface area contributed by atoms with Crippen LogP contribution >= 0.6 is 0 Å². The molecule has 0 unspecified atom stereocenters. The van der Waals surface area contributed by atoms with Crippen LogP contribution in [0.15, 0.2) is 17.1 Å². The highest BCUT2D eigenvalue weighted by molar-refractivity contribution is 5.82. The lowest BCUT2D eigenvalue weighted by Crippen LogP contribution is -2.24. The van der Waals surface area contributed by atoms with E-state index in [0.29, 0.717) is 18.0 Å². The number of nitrogens with zero attached hydrogens (tertiary/aromatic N) is 4. The molecule has 9 nitrogen and oxygen atoms in total. The SMILES string of the molecule is COc1cc(N(C)CCCN(C)C)c([N+](=O)[O-])cc1N=C(N)N. The second kappa shape index (κ2) is 8.18. The fourth-order valence-corrected chi connectivity index (χ4v) is 2.13. The van der Waals surface area contributed by atoms with Crippen molar-refractivity contribution >= 4 is 23.0 Å². The quantitative estimate of drug-likeness (QED) is 0.315. The van der Waals surface area contributed by atoms with Gasteiger partial charge in [-0.2, -0.15) is 0 Å². The largest absolute Gasteiger partial charge is 0.494 e. The van der Waals surface area contributed by atoms with E-state index in [1.165, 1.54) is 13.2 Å². The third kappa shape index (κ3) is 5.29. The van der Waals surface area contributed by atoms with E-state index in [1.807, 2.05) is 19.0 Å². The summed E-state index contributed by atoms with van der Waals surface area (Å²) in [6.07, 6.45) is 0.874. The van der Waals surface area contributed by atoms with Gasteiger partial charge < -0.3 is 26.0 Å². The number of aliphatic imine (C=N–C) groups is 1. The summed E-state index contributed by atoms with van der Waals surface area (Å²) in [7, 11) is 7.23. The number of nitro benzene ring substituents is 1. The van der Waals surface area contributed by atoms with Gasteiger partial charge >= 0.3 is 0 Å². The summed E-state index contributed by atoms with van der Waals surface area (Å²) in [4.78, 5) is 18.7. The first kappa shape index (κ1) is 18.5. The smallest absolute Gasteiger partial charge is 0.294 e. The van der Waals surface area contributed by atoms with Gasteiger partial charge in [0.2, 0.25) is 0 Å². The molecule has 1 rings (SSSR count). The zero-order valence-corrected chi connectivity index (χ0v) is 13.9. The molecule has 0 saturated heterocycles. The van der Waals surface area contributed by atoms with E-state index in [0.717, 1.165) is 13.0 Å². The van der Waals surface area contributed by atoms with Gasteiger partial charge in [-0.25, -0.2) is 4.99 Å². The molecule has 0 bridgehead atoms. The lowest BCUT2D eigenvalue weighted by molar-refractivity contribution is -0.384. The molecule has 1 aromatic rings. The topological polar surface area (TPSA) is 123 Å². The van der Waals surface area contributed by atoms with Crippen molar-refractivity contribution in [1.29, 1.82) is 0 Å². The summed E-state index contributed by atoms with van der Waals surface area (Å²) in [5.74, 6) is 0.183. The first-order valence-corrected chi connectivity index (χ1v) is 7.08. The molecular formula is C14H24N6O3. The minimum atomic E-state index is -0.455. The second-order valence-corrected chi connectivity index (χ2v) is 5.38. The van der Waals surface area contributed by atoms with Gasteiger partial charge in [-0.15, -0.1) is 0 Å². The predicted octanol–water partition coefficient (Wildman–Crippen LogP) is 0.896. The van der Waals surface area contributed by atoms with Gasteiger partial charge in [-0.3, -0.25) is 10.1 Å². The first-order chi connectivity index (χ1) is 10.8. The van der Waals surface area contributed by atoms with E-state index in [-0.39, 0.29) is 17.3 Å². The maximum Gasteiger partial charge on any atom is 0.294 e. The highest BCUT2D eigenvalue weighted by Gasteiger charge is 2.21. The Morgan fingerprint density at radius 1 is 1.30 bits per heavy atom. The van der Waals surface area contributed by atoms with Crippen LogP contribution in [0.25, 0.3) is 0 Å². The zero-order valence-electron chi connectivity index (χ0n) is 13.9. The number of rotatable bonds is 8. The summed E-state index contributed by atoms with van der Waals surface area (Å²) in [5, 5.41) is 11.4. The second-order valence-electron chi connectivity index (χ2n) is 5.38. The van der Waals surface area contributed by atoms with Gasteiger partial charge in [0.15, 0.2) is 5.96 Å². The highest BCUT2D eigenvalue weighted by Crippen LogP contribution is 2.39. The van der Waals surface area contributed by atoms with Crippen LogP contribution < -0.4 is 21.1 Å². The van der Waals surface area contributed by atoms with Gasteiger partial charge in [0.1, 0.15) is 17.1 Å². The Morgan fingerprint density at radius 3 is 2.43 bits per heavy atom. The van der Waals surface area contributed by atoms with E-state index in [1.54, 1.807) is 13.1 Å². The van der Waals surface area contributed by atoms with Gasteiger partial charge in [0, 0.05) is 25.7 Å². The summed E-state index contributed by atoms with van der Waals surface area (Å²) < 4.78 is 5.24. The minimum Gasteiger partial charge on any atom is -0.494 e. The molecule has 0 saturated carbocycles. The summed E-state index contributed by atoms with van der Waals surface area (Å²) >= 11 is 0. The normalized spacial score (nSPS) is 10.5. The molecule has 0 aliphatic carbocycles. The average molecular weight is 324 g/mol. The molecular weight excluding hydrogens is 300 g/mol. The van der Waals surface area contributed by atoms with E-state index in [9.17, 15) is 10.1 Å². The molecule has 0 aromatic heterocycles. The summed E-state index contributed by atoms with van der Waals surface area (Å²) in [6, 6.07) is 2.89. The molecule has 0 heterocycles. The molecule has 0 amide bonds. The summed E-state index contributed by atoms with van der Waals surface area (Å²) in [5.41, 5.74) is 11.3. The predicted molar refractivity (Wildman–Crippen MR) is 91.6 cm³/mol. The van der Waals surface area contributed by atoms with Crippen LogP contribution in [0.5, 0.6) is 5.75 Å². The van der Waals surface area contributed by atoms with Gasteiger partial charge in [-0.05, 0) is 27.1 Å². The molecule has 128 valence electrons. The number of benzene rings is 1. The molecule has 0 atom stereocenters. The lowest BCUT2D eigenvalue weighted by Gasteiger charge is -2.21. The lowest BCUT2D eigenvalue weighted by atomic mass is 10.2. The van der Waals surface area contributed by atoms with Crippen LogP contribution in [0, 0.1) is 10.1 Å². The number of nitrogens with two attached hydrogens (primary N) is 2. The molecule has 4 N–H and O–H groups in total. The Balaban J connectivity index is 3.19. The molecule has 0 aliphatic rings. The number of nitro groups is 1. The molecule has 9 heteroatoms. The number of methoxy groups -OCH3 is 1. The van der Waals surface area contributed by atoms with Crippen LogP contribution in [0.1, 0.15) is 6.42 Å². The van der Waals surface area contributed by atoms with Crippen LogP contribution in [0.4, 0.5) is 17.1 Å². The minimum absolute atomic E-state index is 0.0712. The number of anilines is 1. The molecule has 0 radical (unpaired) electrons. The molecule has 0 aliphatic heterocycles. The third-order valence-corrected chi connectivity index (χ3v) is 3.23. The number of hydrogen-bond acceptors (Lipinski definition) is 6. The van der Waals surface area contributed by atoms with E-state index < -0.39 is 4.92 Å². The highest BCUT2D eigenvalue weighted by atomic mass is 16.6. The zero-order chi connectivity index (χ0) is 17.6. The Hall–Kier alpha value is -2.55. The van der Waals surface area contributed by atoms with Crippen molar-refractivity contribution in [2.24, 2.45) is 16.5 Å². The van der Waals surface area contributed by atoms with Gasteiger partial charge in [-0.1, -0.05) is 0 Å². The van der Waals surface area contributed by atoms with Crippen LogP contribution in [-0.2, 0) is 0 Å². The third-order valence-electron chi connectivity index (χ3n) is 3.23. The average Bonchev–Trinajstić information content (AvgIpc) is 2.45. The fraction of sp³-hybridized carbons (Fsp3) is 0.500. The van der Waals surface area contributed by atoms with Crippen LogP contribution in [0.3, 0.4) is 0 Å². The van der Waals surface area contributed by atoms with E-state index in [4.69, 9.17) is 16.2 Å². The Bertz CT molecular complexity index is 584. The number of ether oxygens (including phenoxy) is 1. The van der Waals surface area contributed by atoms with Crippen LogP contribution in [0.2, 0.25) is 0 Å². The van der Waals surface area contributed by atoms with Crippen molar-refractivity contribution in [2.45, 2.75) is 6.42 Å². The van der Waals surface area contributed by atoms with Crippen molar-refractivity contribution in [1.82, 2.24) is 4.90 Å². The maximum atomic E-state index is 11.4. The fourth-order valence-electron chi connectivity index (χ4n) is 2.13. The van der Waals surface area contributed by atoms with E-state index >= 15 is 0 Å². The van der Waals surface area contributed by atoms with Crippen molar-refractivity contribution in [3.8, 4) is 5.75 Å². The van der Waals surface area contributed by atoms with Crippen molar-refractivity contribution in [3.05, 3.63) is 22.2 Å². The van der Waals surface area contributed by atoms with Gasteiger partial charge in [0.25, 0.3) is 5.69 Å².